The second-order valence-electron chi connectivity index (χ2n) is 9.18. The maximum Gasteiger partial charge on any atom is 0.316 e. The molecule has 0 aliphatic rings. The van der Waals surface area contributed by atoms with Gasteiger partial charge in [0, 0.05) is 7.05 Å². The lowest BCUT2D eigenvalue weighted by Crippen LogP contribution is -2.06. The van der Waals surface area contributed by atoms with Crippen molar-refractivity contribution in [3.63, 3.8) is 0 Å². The minimum Gasteiger partial charge on any atom is -0.476 e. The molecule has 0 spiro atoms. The molecular weight excluding hydrogens is 472 g/mol. The van der Waals surface area contributed by atoms with Crippen molar-refractivity contribution in [1.82, 2.24) is 19.7 Å². The maximum atomic E-state index is 11.7. The molecule has 0 aliphatic heterocycles. The lowest BCUT2D eigenvalue weighted by atomic mass is 10.1. The molecule has 0 fully saturated rings. The number of aromatic nitrogens is 4. The first-order valence-corrected chi connectivity index (χ1v) is 14.9. The average molecular weight is 519 g/mol. The Labute approximate surface area is 221 Å². The van der Waals surface area contributed by atoms with E-state index in [4.69, 9.17) is 9.47 Å². The highest BCUT2D eigenvalue weighted by atomic mass is 32.2. The van der Waals surface area contributed by atoms with Crippen molar-refractivity contribution in [3.8, 4) is 5.88 Å². The van der Waals surface area contributed by atoms with E-state index >= 15 is 0 Å². The highest BCUT2D eigenvalue weighted by molar-refractivity contribution is 8.00. The number of allylic oxidation sites excluding steroid dienone is 2. The predicted molar refractivity (Wildman–Crippen MR) is 149 cm³/mol. The summed E-state index contributed by atoms with van der Waals surface area (Å²) in [4.78, 5) is 20.3. The van der Waals surface area contributed by atoms with Gasteiger partial charge in [-0.05, 0) is 39.0 Å². The summed E-state index contributed by atoms with van der Waals surface area (Å²) >= 11 is 1.31. The number of esters is 1. The Hall–Kier alpha value is -2.09. The van der Waals surface area contributed by atoms with E-state index in [2.05, 4.69) is 34.1 Å². The van der Waals surface area contributed by atoms with E-state index in [0.717, 1.165) is 6.42 Å². The average Bonchev–Trinajstić information content (AvgIpc) is 3.20. The van der Waals surface area contributed by atoms with Gasteiger partial charge in [0.2, 0.25) is 5.88 Å². The minimum atomic E-state index is -0.262. The third kappa shape index (κ3) is 11.8. The molecule has 0 radical (unpaired) electrons. The molecule has 2 aromatic rings. The van der Waals surface area contributed by atoms with Gasteiger partial charge in [-0.3, -0.25) is 4.79 Å². The maximum absolute atomic E-state index is 11.7. The van der Waals surface area contributed by atoms with Crippen molar-refractivity contribution >= 4 is 28.8 Å². The molecule has 0 amide bonds. The topological polar surface area (TPSA) is 79.1 Å². The molecule has 0 aromatic carbocycles. The van der Waals surface area contributed by atoms with Gasteiger partial charge in [0.15, 0.2) is 5.52 Å². The van der Waals surface area contributed by atoms with Gasteiger partial charge in [-0.1, -0.05) is 88.6 Å². The number of hydrogen-bond donors (Lipinski definition) is 0. The van der Waals surface area contributed by atoms with Gasteiger partial charge in [-0.15, -0.1) is 0 Å². The third-order valence-electron chi connectivity index (χ3n) is 6.06. The third-order valence-corrected chi connectivity index (χ3v) is 7.01. The Balaban J connectivity index is 1.55. The molecule has 0 saturated carbocycles. The number of carbonyl (C=O) groups is 1. The van der Waals surface area contributed by atoms with Crippen LogP contribution in [0.25, 0.3) is 11.0 Å². The summed E-state index contributed by atoms with van der Waals surface area (Å²) in [5, 5.41) is 5.18. The van der Waals surface area contributed by atoms with Crippen LogP contribution in [0.2, 0.25) is 0 Å². The lowest BCUT2D eigenvalue weighted by molar-refractivity contribution is -0.139. The first kappa shape index (κ1) is 30.1. The zero-order valence-electron chi connectivity index (χ0n) is 22.7. The van der Waals surface area contributed by atoms with Crippen LogP contribution in [0.15, 0.2) is 23.5 Å². The molecule has 0 aliphatic carbocycles. The summed E-state index contributed by atoms with van der Waals surface area (Å²) in [5.41, 5.74) is 1.34. The molecule has 8 heteroatoms. The Morgan fingerprint density at radius 1 is 0.889 bits per heavy atom. The fourth-order valence-corrected chi connectivity index (χ4v) is 4.81. The Bertz CT molecular complexity index is 900. The van der Waals surface area contributed by atoms with Gasteiger partial charge in [-0.2, -0.15) is 5.10 Å². The highest BCUT2D eigenvalue weighted by Crippen LogP contribution is 2.29. The molecule has 2 aromatic heterocycles. The van der Waals surface area contributed by atoms with E-state index < -0.39 is 0 Å². The van der Waals surface area contributed by atoms with Crippen molar-refractivity contribution in [2.75, 3.05) is 19.0 Å². The molecular formula is C28H46N4O3S. The normalized spacial score (nSPS) is 11.5. The van der Waals surface area contributed by atoms with Crippen LogP contribution in [-0.2, 0) is 16.6 Å². The van der Waals surface area contributed by atoms with Crippen LogP contribution in [0.1, 0.15) is 104 Å². The minimum absolute atomic E-state index is 0.197. The Kier molecular flexibility index (Phi) is 16.0. The van der Waals surface area contributed by atoms with Crippen LogP contribution in [0.3, 0.4) is 0 Å². The molecule has 0 atom stereocenters. The fraction of sp³-hybridized carbons (Fsp3) is 0.714. The first-order chi connectivity index (χ1) is 17.7. The van der Waals surface area contributed by atoms with Gasteiger partial charge in [0.05, 0.1) is 19.0 Å². The monoisotopic (exact) mass is 518 g/mol. The van der Waals surface area contributed by atoms with E-state index in [0.29, 0.717) is 35.2 Å². The van der Waals surface area contributed by atoms with Crippen molar-refractivity contribution in [2.24, 2.45) is 7.05 Å². The van der Waals surface area contributed by atoms with Crippen LogP contribution >= 0.6 is 11.8 Å². The molecule has 2 rings (SSSR count). The van der Waals surface area contributed by atoms with Gasteiger partial charge < -0.3 is 9.47 Å². The summed E-state index contributed by atoms with van der Waals surface area (Å²) in [7, 11) is 1.85. The molecule has 0 bridgehead atoms. The number of unbranched alkanes of at least 4 members (excludes halogenated alkanes) is 12. The van der Waals surface area contributed by atoms with Crippen molar-refractivity contribution in [3.05, 3.63) is 18.5 Å². The number of rotatable bonds is 21. The van der Waals surface area contributed by atoms with E-state index in [-0.39, 0.29) is 11.7 Å². The Morgan fingerprint density at radius 2 is 1.53 bits per heavy atom. The summed E-state index contributed by atoms with van der Waals surface area (Å²) in [6, 6.07) is 0. The molecule has 36 heavy (non-hydrogen) atoms. The first-order valence-electron chi connectivity index (χ1n) is 13.9. The number of aryl methyl sites for hydroxylation is 1. The molecule has 0 saturated heterocycles. The number of fused-ring (bicyclic) bond motifs is 1. The number of ether oxygens (including phenoxy) is 2. The van der Waals surface area contributed by atoms with Crippen molar-refractivity contribution in [1.29, 1.82) is 0 Å². The van der Waals surface area contributed by atoms with E-state index in [9.17, 15) is 4.79 Å². The Morgan fingerprint density at radius 3 is 2.19 bits per heavy atom. The van der Waals surface area contributed by atoms with Crippen LogP contribution < -0.4 is 4.74 Å². The van der Waals surface area contributed by atoms with Crippen LogP contribution in [0.4, 0.5) is 0 Å². The van der Waals surface area contributed by atoms with Gasteiger partial charge in [0.25, 0.3) is 0 Å². The molecule has 0 N–H and O–H groups in total. The quantitative estimate of drug-likeness (QED) is 0.0558. The zero-order valence-corrected chi connectivity index (χ0v) is 23.5. The molecule has 0 unspecified atom stereocenters. The van der Waals surface area contributed by atoms with Crippen LogP contribution in [-0.4, -0.2) is 44.7 Å². The largest absolute Gasteiger partial charge is 0.476 e. The van der Waals surface area contributed by atoms with Crippen molar-refractivity contribution in [2.45, 2.75) is 109 Å². The second-order valence-corrected chi connectivity index (χ2v) is 10.1. The van der Waals surface area contributed by atoms with Gasteiger partial charge in [0.1, 0.15) is 16.9 Å². The molecule has 7 nitrogen and oxygen atoms in total. The SMILES string of the molecule is CCCCCCCCC=CCCCCCCCCOc1c2ncnc(SCC(=O)OCC)c2nn1C. The summed E-state index contributed by atoms with van der Waals surface area (Å²) in [6.45, 7) is 5.08. The summed E-state index contributed by atoms with van der Waals surface area (Å²) in [5.74, 6) is 0.585. The predicted octanol–water partition coefficient (Wildman–Crippen LogP) is 7.43. The number of nitrogens with zero attached hydrogens (tertiary/aromatic N) is 4. The molecule has 202 valence electrons. The van der Waals surface area contributed by atoms with E-state index in [1.165, 1.54) is 102 Å². The van der Waals surface area contributed by atoms with E-state index in [1.54, 1.807) is 11.6 Å². The van der Waals surface area contributed by atoms with Gasteiger partial charge >= 0.3 is 5.97 Å². The fourth-order valence-electron chi connectivity index (χ4n) is 4.07. The van der Waals surface area contributed by atoms with Crippen LogP contribution in [0, 0.1) is 0 Å². The van der Waals surface area contributed by atoms with Crippen molar-refractivity contribution < 1.29 is 14.3 Å². The number of carbonyl (C=O) groups excluding carboxylic acids is 1. The summed E-state index contributed by atoms with van der Waals surface area (Å²) in [6.07, 6.45) is 24.3. The smallest absolute Gasteiger partial charge is 0.316 e. The summed E-state index contributed by atoms with van der Waals surface area (Å²) < 4.78 is 12.7. The standard InChI is InChI=1S/C28H46N4O3S/c1-4-6-7-8-9-10-11-12-13-14-15-16-17-18-19-20-21-35-28-26-25(31-32(28)3)27(30-23-29-26)36-22-24(33)34-5-2/h12-13,23H,4-11,14-22H2,1-3H3. The highest BCUT2D eigenvalue weighted by Gasteiger charge is 2.17. The van der Waals surface area contributed by atoms with Crippen LogP contribution in [0.5, 0.6) is 5.88 Å². The lowest BCUT2D eigenvalue weighted by Gasteiger charge is -2.06. The molecule has 2 heterocycles. The number of thioether (sulfide) groups is 1. The second kappa shape index (κ2) is 19.1. The number of hydrogen-bond acceptors (Lipinski definition) is 7. The van der Waals surface area contributed by atoms with E-state index in [1.807, 2.05) is 7.05 Å². The zero-order chi connectivity index (χ0) is 25.8. The van der Waals surface area contributed by atoms with Gasteiger partial charge in [-0.25, -0.2) is 14.6 Å².